The van der Waals surface area contributed by atoms with Crippen LogP contribution in [-0.4, -0.2) is 34.5 Å². The van der Waals surface area contributed by atoms with Crippen LogP contribution in [0.15, 0.2) is 36.5 Å². The molecule has 134 valence electrons. The van der Waals surface area contributed by atoms with Gasteiger partial charge in [0, 0.05) is 19.2 Å². The van der Waals surface area contributed by atoms with Crippen molar-refractivity contribution in [2.45, 2.75) is 32.4 Å². The molecular weight excluding hydrogens is 334 g/mol. The summed E-state index contributed by atoms with van der Waals surface area (Å²) in [7, 11) is 0. The van der Waals surface area contributed by atoms with E-state index in [0.717, 1.165) is 11.1 Å². The number of fused-ring (bicyclic) bond motifs is 1. The van der Waals surface area contributed by atoms with Crippen LogP contribution in [0.25, 0.3) is 0 Å². The summed E-state index contributed by atoms with van der Waals surface area (Å²) in [5, 5.41) is 2.81. The fraction of sp³-hybridized carbons (Fsp3) is 0.316. The van der Waals surface area contributed by atoms with Gasteiger partial charge >= 0.3 is 0 Å². The first-order chi connectivity index (χ1) is 12.6. The molecule has 7 nitrogen and oxygen atoms in total. The topological polar surface area (TPSA) is 80.8 Å². The SMILES string of the molecule is Cc1ccnc(NC(=O)[C@H]2CCC(=O)N2Cc2ccc3c(c2)OCO3)c1. The maximum absolute atomic E-state index is 12.7. The highest BCUT2D eigenvalue weighted by Gasteiger charge is 2.36. The van der Waals surface area contributed by atoms with Crippen LogP contribution in [0.2, 0.25) is 0 Å². The standard InChI is InChI=1S/C19H19N3O4/c1-12-6-7-20-17(8-12)21-19(24)14-3-5-18(23)22(14)10-13-2-4-15-16(9-13)26-11-25-15/h2,4,6-9,14H,3,5,10-11H2,1H3,(H,20,21,24)/t14-/m1/s1. The molecule has 0 saturated carbocycles. The summed E-state index contributed by atoms with van der Waals surface area (Å²) in [5.41, 5.74) is 1.91. The van der Waals surface area contributed by atoms with E-state index in [1.165, 1.54) is 0 Å². The summed E-state index contributed by atoms with van der Waals surface area (Å²) in [6.07, 6.45) is 2.51. The quantitative estimate of drug-likeness (QED) is 0.912. The molecule has 1 fully saturated rings. The van der Waals surface area contributed by atoms with E-state index in [1.54, 1.807) is 17.2 Å². The van der Waals surface area contributed by atoms with Crippen molar-refractivity contribution in [2.75, 3.05) is 12.1 Å². The lowest BCUT2D eigenvalue weighted by Gasteiger charge is -2.24. The molecule has 0 unspecified atom stereocenters. The average Bonchev–Trinajstić information content (AvgIpc) is 3.22. The van der Waals surface area contributed by atoms with E-state index in [0.29, 0.717) is 36.7 Å². The third-order valence-corrected chi connectivity index (χ3v) is 4.59. The fourth-order valence-electron chi connectivity index (χ4n) is 3.25. The second-order valence-electron chi connectivity index (χ2n) is 6.47. The predicted molar refractivity (Wildman–Crippen MR) is 93.7 cm³/mol. The third kappa shape index (κ3) is 3.20. The van der Waals surface area contributed by atoms with Crippen molar-refractivity contribution in [3.05, 3.63) is 47.7 Å². The number of ether oxygens (including phenoxy) is 2. The van der Waals surface area contributed by atoms with Crippen LogP contribution in [-0.2, 0) is 16.1 Å². The number of aromatic nitrogens is 1. The largest absolute Gasteiger partial charge is 0.454 e. The number of carbonyl (C=O) groups excluding carboxylic acids is 2. The molecule has 2 aliphatic rings. The number of amides is 2. The molecule has 1 atom stereocenters. The van der Waals surface area contributed by atoms with Crippen LogP contribution in [0, 0.1) is 6.92 Å². The van der Waals surface area contributed by atoms with E-state index >= 15 is 0 Å². The predicted octanol–water partition coefficient (Wildman–Crippen LogP) is 2.25. The van der Waals surface area contributed by atoms with Crippen LogP contribution < -0.4 is 14.8 Å². The summed E-state index contributed by atoms with van der Waals surface area (Å²) >= 11 is 0. The highest BCUT2D eigenvalue weighted by Crippen LogP contribution is 2.33. The zero-order chi connectivity index (χ0) is 18.1. The smallest absolute Gasteiger partial charge is 0.248 e. The summed E-state index contributed by atoms with van der Waals surface area (Å²) in [6, 6.07) is 8.72. The Balaban J connectivity index is 1.49. The Kier molecular flexibility index (Phi) is 4.20. The number of rotatable bonds is 4. The molecule has 0 bridgehead atoms. The van der Waals surface area contributed by atoms with Crippen LogP contribution in [0.5, 0.6) is 11.5 Å². The highest BCUT2D eigenvalue weighted by atomic mass is 16.7. The molecule has 2 aromatic rings. The van der Waals surface area contributed by atoms with E-state index in [1.807, 2.05) is 31.2 Å². The monoisotopic (exact) mass is 353 g/mol. The van der Waals surface area contributed by atoms with E-state index in [4.69, 9.17) is 9.47 Å². The summed E-state index contributed by atoms with van der Waals surface area (Å²) in [5.74, 6) is 1.62. The average molecular weight is 353 g/mol. The van der Waals surface area contributed by atoms with Gasteiger partial charge in [0.15, 0.2) is 11.5 Å². The number of pyridine rings is 1. The second-order valence-corrected chi connectivity index (χ2v) is 6.47. The lowest BCUT2D eigenvalue weighted by atomic mass is 10.1. The Morgan fingerprint density at radius 2 is 2.12 bits per heavy atom. The highest BCUT2D eigenvalue weighted by molar-refractivity contribution is 5.98. The van der Waals surface area contributed by atoms with Gasteiger partial charge in [-0.2, -0.15) is 0 Å². The maximum Gasteiger partial charge on any atom is 0.248 e. The van der Waals surface area contributed by atoms with Gasteiger partial charge in [-0.25, -0.2) is 4.98 Å². The molecule has 26 heavy (non-hydrogen) atoms. The Hall–Kier alpha value is -3.09. The zero-order valence-electron chi connectivity index (χ0n) is 14.4. The summed E-state index contributed by atoms with van der Waals surface area (Å²) in [4.78, 5) is 30.7. The van der Waals surface area contributed by atoms with Crippen molar-refractivity contribution in [1.29, 1.82) is 0 Å². The molecular formula is C19H19N3O4. The number of likely N-dealkylation sites (tertiary alicyclic amines) is 1. The molecule has 2 aliphatic heterocycles. The van der Waals surface area contributed by atoms with Gasteiger partial charge in [0.05, 0.1) is 0 Å². The van der Waals surface area contributed by atoms with Gasteiger partial charge in [-0.1, -0.05) is 6.07 Å². The van der Waals surface area contributed by atoms with Crippen molar-refractivity contribution in [3.63, 3.8) is 0 Å². The molecule has 0 aliphatic carbocycles. The first-order valence-electron chi connectivity index (χ1n) is 8.52. The van der Waals surface area contributed by atoms with Crippen molar-refractivity contribution in [2.24, 2.45) is 0 Å². The molecule has 0 radical (unpaired) electrons. The number of carbonyl (C=O) groups is 2. The lowest BCUT2D eigenvalue weighted by Crippen LogP contribution is -2.41. The van der Waals surface area contributed by atoms with Gasteiger partial charge in [-0.15, -0.1) is 0 Å². The fourth-order valence-corrected chi connectivity index (χ4v) is 3.25. The van der Waals surface area contributed by atoms with E-state index in [2.05, 4.69) is 10.3 Å². The minimum absolute atomic E-state index is 0.0278. The van der Waals surface area contributed by atoms with E-state index in [-0.39, 0.29) is 18.6 Å². The second kappa shape index (κ2) is 6.67. The molecule has 2 amide bonds. The molecule has 3 heterocycles. The van der Waals surface area contributed by atoms with Crippen molar-refractivity contribution in [1.82, 2.24) is 9.88 Å². The Labute approximate surface area is 150 Å². The van der Waals surface area contributed by atoms with Gasteiger partial charge in [0.2, 0.25) is 18.6 Å². The third-order valence-electron chi connectivity index (χ3n) is 4.59. The Morgan fingerprint density at radius 3 is 2.96 bits per heavy atom. The summed E-state index contributed by atoms with van der Waals surface area (Å²) in [6.45, 7) is 2.49. The van der Waals surface area contributed by atoms with Crippen LogP contribution >= 0.6 is 0 Å². The van der Waals surface area contributed by atoms with Gasteiger partial charge in [-0.3, -0.25) is 9.59 Å². The molecule has 0 spiro atoms. The Morgan fingerprint density at radius 1 is 1.27 bits per heavy atom. The van der Waals surface area contributed by atoms with Gasteiger partial charge < -0.3 is 19.7 Å². The number of aryl methyl sites for hydroxylation is 1. The lowest BCUT2D eigenvalue weighted by molar-refractivity contribution is -0.133. The normalized spacial score (nSPS) is 18.3. The minimum atomic E-state index is -0.504. The van der Waals surface area contributed by atoms with Gasteiger partial charge in [0.25, 0.3) is 0 Å². The van der Waals surface area contributed by atoms with Crippen LogP contribution in [0.1, 0.15) is 24.0 Å². The Bertz CT molecular complexity index is 868. The van der Waals surface area contributed by atoms with Gasteiger partial charge in [0.1, 0.15) is 11.9 Å². The van der Waals surface area contributed by atoms with E-state index < -0.39 is 6.04 Å². The molecule has 1 aromatic carbocycles. The van der Waals surface area contributed by atoms with E-state index in [9.17, 15) is 9.59 Å². The minimum Gasteiger partial charge on any atom is -0.454 e. The zero-order valence-corrected chi connectivity index (χ0v) is 14.4. The number of hydrogen-bond acceptors (Lipinski definition) is 5. The van der Waals surface area contributed by atoms with Crippen molar-refractivity contribution in [3.8, 4) is 11.5 Å². The van der Waals surface area contributed by atoms with Crippen LogP contribution in [0.3, 0.4) is 0 Å². The molecule has 4 rings (SSSR count). The first-order valence-corrected chi connectivity index (χ1v) is 8.52. The first kappa shape index (κ1) is 16.4. The molecule has 1 aromatic heterocycles. The number of hydrogen-bond donors (Lipinski definition) is 1. The summed E-state index contributed by atoms with van der Waals surface area (Å²) < 4.78 is 10.7. The molecule has 7 heteroatoms. The van der Waals surface area contributed by atoms with Crippen molar-refractivity contribution >= 4 is 17.6 Å². The molecule has 1 saturated heterocycles. The van der Waals surface area contributed by atoms with Crippen molar-refractivity contribution < 1.29 is 19.1 Å². The maximum atomic E-state index is 12.7. The van der Waals surface area contributed by atoms with Crippen LogP contribution in [0.4, 0.5) is 5.82 Å². The number of anilines is 1. The van der Waals surface area contributed by atoms with Gasteiger partial charge in [-0.05, 0) is 48.7 Å². The molecule has 1 N–H and O–H groups in total. The number of benzene rings is 1. The number of nitrogens with zero attached hydrogens (tertiary/aromatic N) is 2. The number of nitrogens with one attached hydrogen (secondary N) is 1.